The number of hydrogen-bond acceptors (Lipinski definition) is 4. The first-order valence-electron chi connectivity index (χ1n) is 4.40. The van der Waals surface area contributed by atoms with Gasteiger partial charge in [0.1, 0.15) is 5.69 Å². The number of aryl methyl sites for hydroxylation is 1. The molecule has 0 radical (unpaired) electrons. The number of aromatic amines is 1. The number of H-pyrrole nitrogens is 1. The quantitative estimate of drug-likeness (QED) is 0.793. The molecule has 0 saturated carbocycles. The second kappa shape index (κ2) is 3.86. The van der Waals surface area contributed by atoms with Gasteiger partial charge < -0.3 is 9.72 Å². The van der Waals surface area contributed by atoms with E-state index in [2.05, 4.69) is 14.7 Å². The van der Waals surface area contributed by atoms with Gasteiger partial charge in [-0.3, -0.25) is 0 Å². The monoisotopic (exact) mass is 222 g/mol. The van der Waals surface area contributed by atoms with E-state index in [-0.39, 0.29) is 5.97 Å². The predicted octanol–water partition coefficient (Wildman–Crippen LogP) is 2.23. The van der Waals surface area contributed by atoms with Crippen LogP contribution in [0.2, 0.25) is 0 Å². The summed E-state index contributed by atoms with van der Waals surface area (Å²) in [7, 11) is 1.36. The molecular weight excluding hydrogens is 212 g/mol. The van der Waals surface area contributed by atoms with Crippen molar-refractivity contribution in [2.45, 2.75) is 6.92 Å². The zero-order valence-corrected chi connectivity index (χ0v) is 9.22. The Balaban J connectivity index is 2.36. The SMILES string of the molecule is COC(=O)c1ccc(-c2scnc2C)[nH]1. The van der Waals surface area contributed by atoms with E-state index in [4.69, 9.17) is 0 Å². The van der Waals surface area contributed by atoms with Gasteiger partial charge in [-0.2, -0.15) is 0 Å². The first-order chi connectivity index (χ1) is 7.22. The van der Waals surface area contributed by atoms with Crippen molar-refractivity contribution in [2.75, 3.05) is 7.11 Å². The number of methoxy groups -OCH3 is 1. The van der Waals surface area contributed by atoms with E-state index in [9.17, 15) is 4.79 Å². The van der Waals surface area contributed by atoms with E-state index in [0.29, 0.717) is 5.69 Å². The standard InChI is InChI=1S/C10H10N2O2S/c1-6-9(15-5-11-6)7-3-4-8(12-7)10(13)14-2/h3-5,12H,1-2H3. The summed E-state index contributed by atoms with van der Waals surface area (Å²) in [4.78, 5) is 19.4. The number of nitrogens with one attached hydrogen (secondary N) is 1. The normalized spacial score (nSPS) is 10.3. The van der Waals surface area contributed by atoms with Crippen LogP contribution in [-0.4, -0.2) is 23.0 Å². The summed E-state index contributed by atoms with van der Waals surface area (Å²) >= 11 is 1.54. The molecule has 0 bridgehead atoms. The molecule has 0 spiro atoms. The van der Waals surface area contributed by atoms with Crippen molar-refractivity contribution in [3.05, 3.63) is 29.0 Å². The Morgan fingerprint density at radius 3 is 2.93 bits per heavy atom. The van der Waals surface area contributed by atoms with E-state index in [0.717, 1.165) is 16.3 Å². The Hall–Kier alpha value is -1.62. The number of esters is 1. The van der Waals surface area contributed by atoms with Gasteiger partial charge in [-0.15, -0.1) is 11.3 Å². The number of nitrogens with zero attached hydrogens (tertiary/aromatic N) is 1. The second-order valence-corrected chi connectivity index (χ2v) is 3.90. The molecule has 2 heterocycles. The van der Waals surface area contributed by atoms with E-state index >= 15 is 0 Å². The molecule has 0 aliphatic heterocycles. The Labute approximate surface area is 90.9 Å². The van der Waals surface area contributed by atoms with Crippen LogP contribution in [0.25, 0.3) is 10.6 Å². The summed E-state index contributed by atoms with van der Waals surface area (Å²) < 4.78 is 4.61. The largest absolute Gasteiger partial charge is 0.464 e. The molecule has 0 saturated heterocycles. The number of ether oxygens (including phenoxy) is 1. The highest BCUT2D eigenvalue weighted by molar-refractivity contribution is 7.13. The first-order valence-corrected chi connectivity index (χ1v) is 5.28. The van der Waals surface area contributed by atoms with Gasteiger partial charge in [-0.05, 0) is 19.1 Å². The number of aromatic nitrogens is 2. The fraction of sp³-hybridized carbons (Fsp3) is 0.200. The van der Waals surface area contributed by atoms with E-state index in [1.54, 1.807) is 22.9 Å². The smallest absolute Gasteiger partial charge is 0.354 e. The molecule has 2 aromatic rings. The molecular formula is C10H10N2O2S. The zero-order chi connectivity index (χ0) is 10.8. The Kier molecular flexibility index (Phi) is 2.55. The lowest BCUT2D eigenvalue weighted by Crippen LogP contribution is -2.00. The molecule has 0 aliphatic rings. The van der Waals surface area contributed by atoms with Crippen LogP contribution >= 0.6 is 11.3 Å². The maximum Gasteiger partial charge on any atom is 0.354 e. The van der Waals surface area contributed by atoms with Crippen molar-refractivity contribution in [3.63, 3.8) is 0 Å². The van der Waals surface area contributed by atoms with Gasteiger partial charge in [0.25, 0.3) is 0 Å². The summed E-state index contributed by atoms with van der Waals surface area (Å²) in [5.74, 6) is -0.358. The van der Waals surface area contributed by atoms with Crippen LogP contribution in [0.15, 0.2) is 17.6 Å². The summed E-state index contributed by atoms with van der Waals surface area (Å²) in [6.07, 6.45) is 0. The maximum atomic E-state index is 11.2. The van der Waals surface area contributed by atoms with Crippen molar-refractivity contribution in [3.8, 4) is 10.6 Å². The van der Waals surface area contributed by atoms with Gasteiger partial charge in [-0.25, -0.2) is 9.78 Å². The molecule has 2 rings (SSSR count). The highest BCUT2D eigenvalue weighted by Crippen LogP contribution is 2.26. The molecule has 0 fully saturated rings. The third-order valence-electron chi connectivity index (χ3n) is 2.08. The Morgan fingerprint density at radius 2 is 2.33 bits per heavy atom. The fourth-order valence-corrected chi connectivity index (χ4v) is 2.10. The molecule has 0 aliphatic carbocycles. The lowest BCUT2D eigenvalue weighted by Gasteiger charge is -1.95. The van der Waals surface area contributed by atoms with Crippen molar-refractivity contribution in [1.82, 2.24) is 9.97 Å². The molecule has 0 unspecified atom stereocenters. The van der Waals surface area contributed by atoms with Crippen molar-refractivity contribution in [1.29, 1.82) is 0 Å². The van der Waals surface area contributed by atoms with Crippen LogP contribution in [0.1, 0.15) is 16.2 Å². The minimum atomic E-state index is -0.358. The Morgan fingerprint density at radius 1 is 1.53 bits per heavy atom. The maximum absolute atomic E-state index is 11.2. The molecule has 15 heavy (non-hydrogen) atoms. The minimum Gasteiger partial charge on any atom is -0.464 e. The average Bonchev–Trinajstić information content (AvgIpc) is 2.84. The van der Waals surface area contributed by atoms with Crippen molar-refractivity contribution < 1.29 is 9.53 Å². The van der Waals surface area contributed by atoms with Crippen molar-refractivity contribution in [2.24, 2.45) is 0 Å². The highest BCUT2D eigenvalue weighted by Gasteiger charge is 2.11. The fourth-order valence-electron chi connectivity index (χ4n) is 1.32. The van der Waals surface area contributed by atoms with Crippen LogP contribution in [0, 0.1) is 6.92 Å². The van der Waals surface area contributed by atoms with Crippen molar-refractivity contribution >= 4 is 17.3 Å². The number of hydrogen-bond donors (Lipinski definition) is 1. The van der Waals surface area contributed by atoms with Gasteiger partial charge in [-0.1, -0.05) is 0 Å². The lowest BCUT2D eigenvalue weighted by atomic mass is 10.3. The number of carbonyl (C=O) groups excluding carboxylic acids is 1. The van der Waals surface area contributed by atoms with Gasteiger partial charge in [0.2, 0.25) is 0 Å². The topological polar surface area (TPSA) is 55.0 Å². The number of thiazole rings is 1. The van der Waals surface area contributed by atoms with Crippen LogP contribution in [-0.2, 0) is 4.74 Å². The zero-order valence-electron chi connectivity index (χ0n) is 8.40. The molecule has 78 valence electrons. The van der Waals surface area contributed by atoms with Crippen LogP contribution in [0.4, 0.5) is 0 Å². The number of rotatable bonds is 2. The van der Waals surface area contributed by atoms with E-state index in [1.165, 1.54) is 7.11 Å². The molecule has 1 N–H and O–H groups in total. The van der Waals surface area contributed by atoms with E-state index < -0.39 is 0 Å². The molecule has 2 aromatic heterocycles. The predicted molar refractivity (Wildman–Crippen MR) is 58.0 cm³/mol. The summed E-state index contributed by atoms with van der Waals surface area (Å²) in [6.45, 7) is 1.94. The second-order valence-electron chi connectivity index (χ2n) is 3.04. The van der Waals surface area contributed by atoms with Gasteiger partial charge in [0.15, 0.2) is 0 Å². The molecule has 4 nitrogen and oxygen atoms in total. The molecule has 5 heteroatoms. The summed E-state index contributed by atoms with van der Waals surface area (Å²) in [5, 5.41) is 0. The lowest BCUT2D eigenvalue weighted by molar-refractivity contribution is 0.0595. The van der Waals surface area contributed by atoms with Gasteiger partial charge >= 0.3 is 5.97 Å². The third kappa shape index (κ3) is 1.78. The summed E-state index contributed by atoms with van der Waals surface area (Å²) in [6, 6.07) is 3.56. The van der Waals surface area contributed by atoms with Gasteiger partial charge in [0, 0.05) is 0 Å². The molecule has 0 amide bonds. The van der Waals surface area contributed by atoms with Crippen LogP contribution in [0.5, 0.6) is 0 Å². The van der Waals surface area contributed by atoms with Gasteiger partial charge in [0.05, 0.1) is 28.9 Å². The number of carbonyl (C=O) groups is 1. The highest BCUT2D eigenvalue weighted by atomic mass is 32.1. The van der Waals surface area contributed by atoms with Crippen LogP contribution in [0.3, 0.4) is 0 Å². The first kappa shape index (κ1) is 9.92. The molecule has 0 atom stereocenters. The van der Waals surface area contributed by atoms with Crippen LogP contribution < -0.4 is 0 Å². The minimum absolute atomic E-state index is 0.358. The molecule has 0 aromatic carbocycles. The summed E-state index contributed by atoms with van der Waals surface area (Å²) in [5.41, 5.74) is 4.09. The Bertz CT molecular complexity index is 487. The van der Waals surface area contributed by atoms with E-state index in [1.807, 2.05) is 13.0 Å². The average molecular weight is 222 g/mol. The third-order valence-corrected chi connectivity index (χ3v) is 3.04.